The number of nitrogens with zero attached hydrogens (tertiary/aromatic N) is 1. The van der Waals surface area contributed by atoms with Crippen molar-refractivity contribution in [1.29, 1.82) is 0 Å². The summed E-state index contributed by atoms with van der Waals surface area (Å²) in [6, 6.07) is 16.6. The van der Waals surface area contributed by atoms with E-state index in [2.05, 4.69) is 43.0 Å². The monoisotopic (exact) mass is 235 g/mol. The molecule has 2 aromatic rings. The van der Waals surface area contributed by atoms with Gasteiger partial charge in [0, 0.05) is 0 Å². The van der Waals surface area contributed by atoms with Crippen LogP contribution in [0.5, 0.6) is 0 Å². The van der Waals surface area contributed by atoms with Crippen LogP contribution >= 0.6 is 0 Å². The van der Waals surface area contributed by atoms with Crippen LogP contribution in [-0.4, -0.2) is 0 Å². The van der Waals surface area contributed by atoms with Gasteiger partial charge < -0.3 is 0 Å². The number of rotatable bonds is 3. The lowest BCUT2D eigenvalue weighted by Gasteiger charge is -2.07. The predicted molar refractivity (Wildman–Crippen MR) is 76.0 cm³/mol. The molecule has 1 heteroatoms. The minimum absolute atomic E-state index is 0.581. The molecule has 0 aliphatic heterocycles. The maximum Gasteiger partial charge on any atom is 0.187 e. The van der Waals surface area contributed by atoms with Gasteiger partial charge in [-0.2, -0.15) is 0 Å². The van der Waals surface area contributed by atoms with Crippen LogP contribution < -0.4 is 0 Å². The second-order valence-electron chi connectivity index (χ2n) is 4.85. The molecule has 0 amide bonds. The van der Waals surface area contributed by atoms with E-state index in [1.165, 1.54) is 16.7 Å². The van der Waals surface area contributed by atoms with Crippen molar-refractivity contribution in [3.63, 3.8) is 0 Å². The van der Waals surface area contributed by atoms with E-state index in [0.717, 1.165) is 6.42 Å². The van der Waals surface area contributed by atoms with Crippen LogP contribution in [0.2, 0.25) is 0 Å². The first-order valence-corrected chi connectivity index (χ1v) is 6.24. The summed E-state index contributed by atoms with van der Waals surface area (Å²) in [6.45, 7) is 11.3. The minimum Gasteiger partial charge on any atom is -0.238 e. The van der Waals surface area contributed by atoms with Gasteiger partial charge in [0.1, 0.15) is 0 Å². The highest BCUT2D eigenvalue weighted by molar-refractivity contribution is 5.46. The summed E-state index contributed by atoms with van der Waals surface area (Å²) in [5.41, 5.74) is 4.64. The summed E-state index contributed by atoms with van der Waals surface area (Å²) in [5, 5.41) is 0. The second kappa shape index (κ2) is 5.51. The minimum atomic E-state index is 0.581. The van der Waals surface area contributed by atoms with Crippen LogP contribution in [0.1, 0.15) is 36.5 Å². The quantitative estimate of drug-likeness (QED) is 0.663. The SMILES string of the molecule is [C-]#[N+]c1ccc(Cc2ccc(C(C)C)cc2)cc1. The molecule has 0 spiro atoms. The Morgan fingerprint density at radius 3 is 1.83 bits per heavy atom. The zero-order valence-electron chi connectivity index (χ0n) is 10.9. The Bertz CT molecular complexity index is 542. The van der Waals surface area contributed by atoms with Gasteiger partial charge in [0.05, 0.1) is 6.57 Å². The smallest absolute Gasteiger partial charge is 0.187 e. The Kier molecular flexibility index (Phi) is 3.79. The summed E-state index contributed by atoms with van der Waals surface area (Å²) in [4.78, 5) is 3.40. The van der Waals surface area contributed by atoms with Gasteiger partial charge in [-0.1, -0.05) is 62.4 Å². The number of benzene rings is 2. The van der Waals surface area contributed by atoms with Gasteiger partial charge in [-0.25, -0.2) is 4.85 Å². The van der Waals surface area contributed by atoms with Gasteiger partial charge >= 0.3 is 0 Å². The molecule has 0 aromatic heterocycles. The Labute approximate surface area is 109 Å². The third-order valence-electron chi connectivity index (χ3n) is 3.12. The molecule has 0 atom stereocenters. The average Bonchev–Trinajstić information content (AvgIpc) is 2.40. The van der Waals surface area contributed by atoms with Crippen molar-refractivity contribution in [2.24, 2.45) is 0 Å². The lowest BCUT2D eigenvalue weighted by atomic mass is 9.99. The van der Waals surface area contributed by atoms with Gasteiger partial charge in [-0.15, -0.1) is 0 Å². The highest BCUT2D eigenvalue weighted by Crippen LogP contribution is 2.18. The second-order valence-corrected chi connectivity index (χ2v) is 4.85. The third kappa shape index (κ3) is 2.99. The van der Waals surface area contributed by atoms with Gasteiger partial charge in [0.15, 0.2) is 5.69 Å². The first-order chi connectivity index (χ1) is 8.69. The summed E-state index contributed by atoms with van der Waals surface area (Å²) >= 11 is 0. The van der Waals surface area contributed by atoms with Gasteiger partial charge in [-0.05, 0) is 29.0 Å². The molecule has 90 valence electrons. The normalized spacial score (nSPS) is 10.3. The highest BCUT2D eigenvalue weighted by Gasteiger charge is 2.00. The van der Waals surface area contributed by atoms with Crippen LogP contribution in [0.15, 0.2) is 48.5 Å². The molecule has 0 heterocycles. The molecule has 0 unspecified atom stereocenters. The summed E-state index contributed by atoms with van der Waals surface area (Å²) in [7, 11) is 0. The van der Waals surface area contributed by atoms with Gasteiger partial charge in [0.25, 0.3) is 0 Å². The van der Waals surface area contributed by atoms with Crippen LogP contribution in [0.3, 0.4) is 0 Å². The summed E-state index contributed by atoms with van der Waals surface area (Å²) in [5.74, 6) is 0.581. The maximum atomic E-state index is 6.92. The predicted octanol–water partition coefficient (Wildman–Crippen LogP) is 4.95. The molecule has 1 nitrogen and oxygen atoms in total. The van der Waals surface area contributed by atoms with E-state index in [-0.39, 0.29) is 0 Å². The maximum absolute atomic E-state index is 6.92. The Morgan fingerprint density at radius 1 is 0.889 bits per heavy atom. The number of hydrogen-bond donors (Lipinski definition) is 0. The van der Waals surface area contributed by atoms with E-state index in [0.29, 0.717) is 11.6 Å². The number of hydrogen-bond acceptors (Lipinski definition) is 0. The van der Waals surface area contributed by atoms with E-state index in [4.69, 9.17) is 6.57 Å². The van der Waals surface area contributed by atoms with Crippen LogP contribution in [0, 0.1) is 6.57 Å². The first kappa shape index (κ1) is 12.4. The zero-order valence-corrected chi connectivity index (χ0v) is 10.9. The molecule has 0 fully saturated rings. The van der Waals surface area contributed by atoms with E-state index < -0.39 is 0 Å². The largest absolute Gasteiger partial charge is 0.238 e. The zero-order chi connectivity index (χ0) is 13.0. The molecular weight excluding hydrogens is 218 g/mol. The van der Waals surface area contributed by atoms with E-state index in [1.807, 2.05) is 24.3 Å². The molecule has 0 N–H and O–H groups in total. The van der Waals surface area contributed by atoms with Crippen molar-refractivity contribution >= 4 is 5.69 Å². The van der Waals surface area contributed by atoms with Crippen molar-refractivity contribution in [2.75, 3.05) is 0 Å². The van der Waals surface area contributed by atoms with E-state index in [1.54, 1.807) is 0 Å². The molecule has 0 radical (unpaired) electrons. The van der Waals surface area contributed by atoms with Gasteiger partial charge in [-0.3, -0.25) is 0 Å². The molecule has 0 aliphatic rings. The van der Waals surface area contributed by atoms with Crippen molar-refractivity contribution < 1.29 is 0 Å². The van der Waals surface area contributed by atoms with Crippen LogP contribution in [0.25, 0.3) is 4.85 Å². The molecule has 2 rings (SSSR count). The standard InChI is InChI=1S/C17H17N/c1-13(2)16-8-4-14(5-9-16)12-15-6-10-17(18-3)11-7-15/h4-11,13H,12H2,1-2H3. The first-order valence-electron chi connectivity index (χ1n) is 6.24. The molecular formula is C17H17N. The van der Waals surface area contributed by atoms with Gasteiger partial charge in [0.2, 0.25) is 0 Å². The Morgan fingerprint density at radius 2 is 1.39 bits per heavy atom. The van der Waals surface area contributed by atoms with E-state index in [9.17, 15) is 0 Å². The van der Waals surface area contributed by atoms with Crippen molar-refractivity contribution in [3.05, 3.63) is 76.6 Å². The molecule has 2 aromatic carbocycles. The Balaban J connectivity index is 2.11. The fraction of sp³-hybridized carbons (Fsp3) is 0.235. The van der Waals surface area contributed by atoms with Crippen molar-refractivity contribution in [1.82, 2.24) is 0 Å². The van der Waals surface area contributed by atoms with Crippen molar-refractivity contribution in [2.45, 2.75) is 26.2 Å². The fourth-order valence-corrected chi connectivity index (χ4v) is 1.94. The molecule has 18 heavy (non-hydrogen) atoms. The lowest BCUT2D eigenvalue weighted by molar-refractivity contribution is 0.865. The van der Waals surface area contributed by atoms with Crippen LogP contribution in [-0.2, 0) is 6.42 Å². The van der Waals surface area contributed by atoms with E-state index >= 15 is 0 Å². The molecule has 0 bridgehead atoms. The lowest BCUT2D eigenvalue weighted by Crippen LogP contribution is -1.90. The highest BCUT2D eigenvalue weighted by atomic mass is 14.6. The van der Waals surface area contributed by atoms with Crippen molar-refractivity contribution in [3.8, 4) is 0 Å². The molecule has 0 aliphatic carbocycles. The average molecular weight is 235 g/mol. The third-order valence-corrected chi connectivity index (χ3v) is 3.12. The fourth-order valence-electron chi connectivity index (χ4n) is 1.94. The molecule has 0 saturated carbocycles. The van der Waals surface area contributed by atoms with Crippen LogP contribution in [0.4, 0.5) is 5.69 Å². The summed E-state index contributed by atoms with van der Waals surface area (Å²) in [6.07, 6.45) is 0.927. The summed E-state index contributed by atoms with van der Waals surface area (Å²) < 4.78 is 0. The molecule has 0 saturated heterocycles. The topological polar surface area (TPSA) is 4.36 Å². The Hall–Kier alpha value is -2.07.